The van der Waals surface area contributed by atoms with Gasteiger partial charge in [0.25, 0.3) is 0 Å². The lowest BCUT2D eigenvalue weighted by molar-refractivity contribution is -0.143. The van der Waals surface area contributed by atoms with E-state index in [9.17, 15) is 24.9 Å². The van der Waals surface area contributed by atoms with Crippen LogP contribution >= 0.6 is 0 Å². The Morgan fingerprint density at radius 3 is 2.44 bits per heavy atom. The van der Waals surface area contributed by atoms with E-state index in [0.717, 1.165) is 42.4 Å². The Bertz CT molecular complexity index is 1220. The summed E-state index contributed by atoms with van der Waals surface area (Å²) >= 11 is 0. The number of nitrogens with two attached hydrogens (primary N) is 1. The van der Waals surface area contributed by atoms with Crippen LogP contribution in [0.15, 0.2) is 36.4 Å². The first kappa shape index (κ1) is 32.7. The number of fused-ring (bicyclic) bond motifs is 1. The minimum atomic E-state index is -0.908. The van der Waals surface area contributed by atoms with Gasteiger partial charge in [0.2, 0.25) is 12.7 Å². The van der Waals surface area contributed by atoms with Crippen LogP contribution in [-0.2, 0) is 29.2 Å². The minimum Gasteiger partial charge on any atom is -0.481 e. The zero-order chi connectivity index (χ0) is 30.8. The fraction of sp³-hybridized carbons (Fsp3) is 0.576. The summed E-state index contributed by atoms with van der Waals surface area (Å²) in [6.45, 7) is 4.28. The van der Waals surface area contributed by atoms with Gasteiger partial charge in [-0.3, -0.25) is 14.5 Å². The molecule has 2 aromatic carbocycles. The molecule has 2 heterocycles. The van der Waals surface area contributed by atoms with E-state index >= 15 is 0 Å². The standard InChI is InChI=1S/C33H47N3O7/c1-2-3-14-35(15-7-6-13-34)30(39)19-36-18-27(25-16-26(21-38)32-29(17-25)42-22-43-32)31(33(40)41)28(36)12-8-11-23-9-4-5-10-24(23)20-37/h4-5,9-10,16-17,27-28,31,37-38H,2-3,6-8,11-15,18-22,34H2,1H3,(H,40,41)/t27-,28+,31-/m1/s1. The van der Waals surface area contributed by atoms with Gasteiger partial charge >= 0.3 is 5.97 Å². The van der Waals surface area contributed by atoms with Gasteiger partial charge in [-0.2, -0.15) is 0 Å². The van der Waals surface area contributed by atoms with Crippen LogP contribution in [0, 0.1) is 5.92 Å². The summed E-state index contributed by atoms with van der Waals surface area (Å²) in [4.78, 5) is 30.6. The van der Waals surface area contributed by atoms with Gasteiger partial charge in [0.05, 0.1) is 25.7 Å². The number of nitrogens with zero attached hydrogens (tertiary/aromatic N) is 2. The van der Waals surface area contributed by atoms with Crippen molar-refractivity contribution >= 4 is 11.9 Å². The molecule has 0 bridgehead atoms. The fourth-order valence-corrected chi connectivity index (χ4v) is 6.52. The summed E-state index contributed by atoms with van der Waals surface area (Å²) in [7, 11) is 0. The predicted octanol–water partition coefficient (Wildman–Crippen LogP) is 3.26. The third-order valence-corrected chi connectivity index (χ3v) is 8.79. The number of aliphatic hydroxyl groups excluding tert-OH is 2. The number of ether oxygens (including phenoxy) is 2. The van der Waals surface area contributed by atoms with Crippen LogP contribution in [0.5, 0.6) is 11.5 Å². The lowest BCUT2D eigenvalue weighted by Crippen LogP contribution is -2.44. The molecule has 2 aromatic rings. The molecule has 236 valence electrons. The van der Waals surface area contributed by atoms with Crippen molar-refractivity contribution in [1.82, 2.24) is 9.80 Å². The summed E-state index contributed by atoms with van der Waals surface area (Å²) in [5.74, 6) is -1.06. The number of carboxylic acid groups (broad SMARTS) is 1. The molecular weight excluding hydrogens is 550 g/mol. The largest absolute Gasteiger partial charge is 0.481 e. The maximum absolute atomic E-state index is 13.7. The van der Waals surface area contributed by atoms with E-state index in [1.54, 1.807) is 0 Å². The van der Waals surface area contributed by atoms with E-state index in [1.165, 1.54) is 0 Å². The number of hydrogen-bond donors (Lipinski definition) is 4. The van der Waals surface area contributed by atoms with Crippen molar-refractivity contribution in [2.24, 2.45) is 11.7 Å². The number of aliphatic hydroxyl groups is 2. The predicted molar refractivity (Wildman–Crippen MR) is 163 cm³/mol. The Morgan fingerprint density at radius 1 is 1.00 bits per heavy atom. The topological polar surface area (TPSA) is 146 Å². The average molecular weight is 598 g/mol. The fourth-order valence-electron chi connectivity index (χ4n) is 6.52. The molecule has 0 saturated carbocycles. The number of hydrogen-bond acceptors (Lipinski definition) is 8. The van der Waals surface area contributed by atoms with E-state index in [4.69, 9.17) is 15.2 Å². The number of likely N-dealkylation sites (tertiary alicyclic amines) is 1. The number of amides is 1. The zero-order valence-corrected chi connectivity index (χ0v) is 25.2. The van der Waals surface area contributed by atoms with E-state index in [-0.39, 0.29) is 38.5 Å². The molecule has 2 aliphatic rings. The third-order valence-electron chi connectivity index (χ3n) is 8.79. The van der Waals surface area contributed by atoms with Crippen LogP contribution in [0.4, 0.5) is 0 Å². The Balaban J connectivity index is 1.61. The number of carboxylic acids is 1. The van der Waals surface area contributed by atoms with Crippen LogP contribution in [0.1, 0.15) is 73.6 Å². The molecule has 4 rings (SSSR count). The van der Waals surface area contributed by atoms with Crippen molar-refractivity contribution in [2.75, 3.05) is 39.5 Å². The molecule has 1 fully saturated rings. The molecule has 43 heavy (non-hydrogen) atoms. The van der Waals surface area contributed by atoms with Crippen molar-refractivity contribution in [2.45, 2.75) is 77.0 Å². The van der Waals surface area contributed by atoms with Crippen molar-refractivity contribution in [3.8, 4) is 11.5 Å². The van der Waals surface area contributed by atoms with Gasteiger partial charge in [0.15, 0.2) is 11.5 Å². The monoisotopic (exact) mass is 597 g/mol. The maximum atomic E-state index is 13.7. The molecule has 0 aromatic heterocycles. The van der Waals surface area contributed by atoms with Gasteiger partial charge in [-0.25, -0.2) is 0 Å². The average Bonchev–Trinajstić information content (AvgIpc) is 3.63. The van der Waals surface area contributed by atoms with Gasteiger partial charge in [-0.1, -0.05) is 37.6 Å². The van der Waals surface area contributed by atoms with Crippen LogP contribution < -0.4 is 15.2 Å². The highest BCUT2D eigenvalue weighted by Gasteiger charge is 2.47. The molecule has 0 unspecified atom stereocenters. The highest BCUT2D eigenvalue weighted by atomic mass is 16.7. The zero-order valence-electron chi connectivity index (χ0n) is 25.2. The number of rotatable bonds is 17. The second-order valence-corrected chi connectivity index (χ2v) is 11.6. The molecule has 0 radical (unpaired) electrons. The SMILES string of the molecule is CCCCN(CCCCN)C(=O)CN1C[C@H](c2cc(CO)c3c(c2)OCO3)[C@@H](C(=O)O)[C@@H]1CCCc1ccccc1CO. The molecule has 10 heteroatoms. The lowest BCUT2D eigenvalue weighted by Gasteiger charge is -2.30. The van der Waals surface area contributed by atoms with Gasteiger partial charge in [-0.15, -0.1) is 0 Å². The summed E-state index contributed by atoms with van der Waals surface area (Å²) in [5.41, 5.74) is 8.94. The van der Waals surface area contributed by atoms with E-state index in [0.29, 0.717) is 62.5 Å². The van der Waals surface area contributed by atoms with Gasteiger partial charge < -0.3 is 35.4 Å². The van der Waals surface area contributed by atoms with Gasteiger partial charge in [0, 0.05) is 37.2 Å². The highest BCUT2D eigenvalue weighted by molar-refractivity contribution is 5.79. The Morgan fingerprint density at radius 2 is 1.74 bits per heavy atom. The van der Waals surface area contributed by atoms with Crippen molar-refractivity contribution in [3.05, 3.63) is 58.7 Å². The first-order chi connectivity index (χ1) is 20.9. The summed E-state index contributed by atoms with van der Waals surface area (Å²) in [5, 5.41) is 30.4. The maximum Gasteiger partial charge on any atom is 0.308 e. The third kappa shape index (κ3) is 8.06. The molecular formula is C33H47N3O7. The molecule has 2 aliphatic heterocycles. The van der Waals surface area contributed by atoms with Crippen molar-refractivity contribution in [1.29, 1.82) is 0 Å². The van der Waals surface area contributed by atoms with E-state index in [2.05, 4.69) is 11.8 Å². The summed E-state index contributed by atoms with van der Waals surface area (Å²) < 4.78 is 11.2. The Kier molecular flexibility index (Phi) is 12.2. The molecule has 0 aliphatic carbocycles. The number of benzene rings is 2. The molecule has 1 amide bonds. The second-order valence-electron chi connectivity index (χ2n) is 11.6. The van der Waals surface area contributed by atoms with E-state index < -0.39 is 17.8 Å². The van der Waals surface area contributed by atoms with E-state index in [1.807, 2.05) is 41.3 Å². The molecule has 10 nitrogen and oxygen atoms in total. The minimum absolute atomic E-state index is 0.00706. The van der Waals surface area contributed by atoms with Gasteiger partial charge in [-0.05, 0) is 73.9 Å². The van der Waals surface area contributed by atoms with Crippen molar-refractivity contribution in [3.63, 3.8) is 0 Å². The first-order valence-electron chi connectivity index (χ1n) is 15.6. The molecule has 1 saturated heterocycles. The molecule has 5 N–H and O–H groups in total. The number of aryl methyl sites for hydroxylation is 1. The Labute approximate surface area is 254 Å². The molecule has 0 spiro atoms. The smallest absolute Gasteiger partial charge is 0.308 e. The number of carbonyl (C=O) groups excluding carboxylic acids is 1. The summed E-state index contributed by atoms with van der Waals surface area (Å²) in [6, 6.07) is 11.0. The number of aliphatic carboxylic acids is 1. The second kappa shape index (κ2) is 16.0. The molecule has 3 atom stereocenters. The number of unbranched alkanes of at least 4 members (excludes halogenated alkanes) is 2. The van der Waals surface area contributed by atoms with Crippen LogP contribution in [0.25, 0.3) is 0 Å². The van der Waals surface area contributed by atoms with Gasteiger partial charge in [0.1, 0.15) is 0 Å². The number of carbonyl (C=O) groups is 2. The lowest BCUT2D eigenvalue weighted by atomic mass is 9.82. The normalized spacial score (nSPS) is 19.6. The first-order valence-corrected chi connectivity index (χ1v) is 15.6. The van der Waals surface area contributed by atoms with Crippen LogP contribution in [0.2, 0.25) is 0 Å². The quantitative estimate of drug-likeness (QED) is 0.202. The van der Waals surface area contributed by atoms with Crippen molar-refractivity contribution < 1.29 is 34.4 Å². The highest BCUT2D eigenvalue weighted by Crippen LogP contribution is 2.44. The summed E-state index contributed by atoms with van der Waals surface area (Å²) in [6.07, 6.45) is 5.56. The Hall–Kier alpha value is -3.18. The van der Waals surface area contributed by atoms with Crippen LogP contribution in [-0.4, -0.2) is 82.6 Å². The van der Waals surface area contributed by atoms with Crippen LogP contribution in [0.3, 0.4) is 0 Å².